The summed E-state index contributed by atoms with van der Waals surface area (Å²) in [4.78, 5) is 13.4. The Morgan fingerprint density at radius 1 is 1.80 bits per heavy atom. The van der Waals surface area contributed by atoms with Crippen molar-refractivity contribution in [2.75, 3.05) is 0 Å². The third-order valence-electron chi connectivity index (χ3n) is 1.45. The summed E-state index contributed by atoms with van der Waals surface area (Å²) in [6.45, 7) is 4.01. The van der Waals surface area contributed by atoms with Crippen LogP contribution in [0.15, 0.2) is 0 Å². The molecule has 0 radical (unpaired) electrons. The predicted octanol–water partition coefficient (Wildman–Crippen LogP) is 1.29. The minimum atomic E-state index is -0.114. The smallest absolute Gasteiger partial charge is 0.323 e. The molecule has 0 aliphatic heterocycles. The average molecular weight is 140 g/mol. The van der Waals surface area contributed by atoms with Crippen LogP contribution in [-0.2, 0) is 4.79 Å². The van der Waals surface area contributed by atoms with Crippen molar-refractivity contribution in [2.45, 2.75) is 26.7 Å². The van der Waals surface area contributed by atoms with Gasteiger partial charge in [-0.25, -0.2) is 0 Å². The summed E-state index contributed by atoms with van der Waals surface area (Å²) >= 11 is 0. The first kappa shape index (κ1) is 9.05. The second-order valence-corrected chi connectivity index (χ2v) is 2.43. The summed E-state index contributed by atoms with van der Waals surface area (Å²) in [5, 5.41) is 0. The summed E-state index contributed by atoms with van der Waals surface area (Å²) in [5.41, 5.74) is 7.97. The SMILES string of the molecule is CC[C@H](C)CC(=O)C=[N+]=[N-]. The summed E-state index contributed by atoms with van der Waals surface area (Å²) in [7, 11) is 0. The van der Waals surface area contributed by atoms with Crippen LogP contribution >= 0.6 is 0 Å². The number of hydrogen-bond acceptors (Lipinski definition) is 1. The van der Waals surface area contributed by atoms with Crippen LogP contribution < -0.4 is 0 Å². The second kappa shape index (κ2) is 4.89. The molecule has 0 bridgehead atoms. The lowest BCUT2D eigenvalue weighted by atomic mass is 10.0. The molecule has 0 amide bonds. The van der Waals surface area contributed by atoms with E-state index in [0.717, 1.165) is 12.6 Å². The summed E-state index contributed by atoms with van der Waals surface area (Å²) in [5.74, 6) is 0.266. The quantitative estimate of drug-likeness (QED) is 0.330. The monoisotopic (exact) mass is 140 g/mol. The Balaban J connectivity index is 3.67. The van der Waals surface area contributed by atoms with Crippen molar-refractivity contribution in [3.8, 4) is 0 Å². The zero-order chi connectivity index (χ0) is 7.98. The van der Waals surface area contributed by atoms with E-state index in [1.165, 1.54) is 0 Å². The van der Waals surface area contributed by atoms with Crippen LogP contribution in [0.4, 0.5) is 0 Å². The molecule has 0 N–H and O–H groups in total. The molecule has 56 valence electrons. The van der Waals surface area contributed by atoms with Crippen molar-refractivity contribution in [1.82, 2.24) is 0 Å². The Bertz CT molecular complexity index is 159. The number of nitrogens with zero attached hydrogens (tertiary/aromatic N) is 2. The molecule has 0 aliphatic rings. The number of carbonyl (C=O) groups excluding carboxylic acids is 1. The van der Waals surface area contributed by atoms with Gasteiger partial charge < -0.3 is 5.53 Å². The third-order valence-corrected chi connectivity index (χ3v) is 1.45. The molecule has 10 heavy (non-hydrogen) atoms. The topological polar surface area (TPSA) is 53.5 Å². The van der Waals surface area contributed by atoms with E-state index in [-0.39, 0.29) is 5.78 Å². The van der Waals surface area contributed by atoms with Crippen LogP contribution in [-0.4, -0.2) is 16.8 Å². The fraction of sp³-hybridized carbons (Fsp3) is 0.714. The molecule has 0 aromatic carbocycles. The number of Topliss-reactive ketones (excluding diaryl/α,β-unsaturated/α-hetero) is 1. The highest BCUT2D eigenvalue weighted by Gasteiger charge is 2.07. The second-order valence-electron chi connectivity index (χ2n) is 2.43. The van der Waals surface area contributed by atoms with Gasteiger partial charge in [0.1, 0.15) is 0 Å². The van der Waals surface area contributed by atoms with Gasteiger partial charge in [-0.3, -0.25) is 4.79 Å². The van der Waals surface area contributed by atoms with Gasteiger partial charge in [0.2, 0.25) is 5.78 Å². The van der Waals surface area contributed by atoms with E-state index in [1.54, 1.807) is 0 Å². The Hall–Kier alpha value is -0.950. The van der Waals surface area contributed by atoms with E-state index in [2.05, 4.69) is 4.79 Å². The van der Waals surface area contributed by atoms with E-state index >= 15 is 0 Å². The van der Waals surface area contributed by atoms with Gasteiger partial charge >= 0.3 is 6.21 Å². The number of hydrogen-bond donors (Lipinski definition) is 0. The van der Waals surface area contributed by atoms with Crippen molar-refractivity contribution in [3.63, 3.8) is 0 Å². The van der Waals surface area contributed by atoms with Gasteiger partial charge in [0.25, 0.3) is 0 Å². The lowest BCUT2D eigenvalue weighted by molar-refractivity contribution is -0.116. The van der Waals surface area contributed by atoms with Gasteiger partial charge in [0.05, 0.1) is 0 Å². The molecule has 0 spiro atoms. The van der Waals surface area contributed by atoms with Crippen LogP contribution in [0.1, 0.15) is 26.7 Å². The van der Waals surface area contributed by atoms with Crippen molar-refractivity contribution in [2.24, 2.45) is 5.92 Å². The van der Waals surface area contributed by atoms with E-state index < -0.39 is 0 Å². The fourth-order valence-corrected chi connectivity index (χ4v) is 0.605. The standard InChI is InChI=1S/C7H12N2O/c1-3-6(2)4-7(10)5-9-8/h5-6H,3-4H2,1-2H3/t6-/m0/s1. The Kier molecular flexibility index (Phi) is 4.42. The molecule has 1 atom stereocenters. The Labute approximate surface area is 60.7 Å². The Morgan fingerprint density at radius 3 is 2.80 bits per heavy atom. The first-order valence-corrected chi connectivity index (χ1v) is 3.41. The molecule has 0 rings (SSSR count). The zero-order valence-electron chi connectivity index (χ0n) is 6.37. The lowest BCUT2D eigenvalue weighted by Gasteiger charge is -2.00. The molecule has 0 aromatic rings. The maximum Gasteiger partial charge on any atom is 0.323 e. The maximum atomic E-state index is 10.7. The van der Waals surface area contributed by atoms with Gasteiger partial charge in [0, 0.05) is 6.42 Å². The number of carbonyl (C=O) groups is 1. The molecule has 0 heterocycles. The predicted molar refractivity (Wildman–Crippen MR) is 38.8 cm³/mol. The number of rotatable bonds is 4. The highest BCUT2D eigenvalue weighted by molar-refractivity contribution is 6.25. The lowest BCUT2D eigenvalue weighted by Crippen LogP contribution is -2.05. The van der Waals surface area contributed by atoms with Crippen molar-refractivity contribution in [3.05, 3.63) is 5.53 Å². The van der Waals surface area contributed by atoms with Crippen LogP contribution in [0.3, 0.4) is 0 Å². The molecular weight excluding hydrogens is 128 g/mol. The highest BCUT2D eigenvalue weighted by Crippen LogP contribution is 2.04. The molecule has 0 saturated carbocycles. The van der Waals surface area contributed by atoms with Gasteiger partial charge in [0.15, 0.2) is 0 Å². The minimum Gasteiger partial charge on any atom is -0.361 e. The van der Waals surface area contributed by atoms with Gasteiger partial charge in [-0.05, 0) is 5.92 Å². The number of ketones is 1. The van der Waals surface area contributed by atoms with Crippen LogP contribution in [0.5, 0.6) is 0 Å². The average Bonchev–Trinajstić information content (AvgIpc) is 1.88. The fourth-order valence-electron chi connectivity index (χ4n) is 0.605. The van der Waals surface area contributed by atoms with Crippen molar-refractivity contribution < 1.29 is 9.58 Å². The molecule has 0 fully saturated rings. The third kappa shape index (κ3) is 3.98. The van der Waals surface area contributed by atoms with Crippen LogP contribution in [0.2, 0.25) is 0 Å². The normalized spacial score (nSPS) is 11.8. The Morgan fingerprint density at radius 2 is 2.40 bits per heavy atom. The summed E-state index contributed by atoms with van der Waals surface area (Å²) in [6.07, 6.45) is 2.40. The minimum absolute atomic E-state index is 0.114. The van der Waals surface area contributed by atoms with Gasteiger partial charge in [-0.15, -0.1) is 0 Å². The molecule has 0 unspecified atom stereocenters. The van der Waals surface area contributed by atoms with E-state index in [0.29, 0.717) is 12.3 Å². The first-order valence-electron chi connectivity index (χ1n) is 3.41. The summed E-state index contributed by atoms with van der Waals surface area (Å²) in [6, 6.07) is 0. The molecule has 3 heteroatoms. The molecule has 0 aliphatic carbocycles. The van der Waals surface area contributed by atoms with Crippen molar-refractivity contribution in [1.29, 1.82) is 0 Å². The highest BCUT2D eigenvalue weighted by atomic mass is 16.1. The molecule has 0 saturated heterocycles. The zero-order valence-corrected chi connectivity index (χ0v) is 6.37. The van der Waals surface area contributed by atoms with E-state index in [4.69, 9.17) is 5.53 Å². The van der Waals surface area contributed by atoms with Crippen LogP contribution in [0.25, 0.3) is 5.53 Å². The molecular formula is C7H12N2O. The first-order chi connectivity index (χ1) is 4.70. The van der Waals surface area contributed by atoms with E-state index in [9.17, 15) is 4.79 Å². The van der Waals surface area contributed by atoms with Crippen molar-refractivity contribution >= 4 is 12.0 Å². The van der Waals surface area contributed by atoms with E-state index in [1.807, 2.05) is 13.8 Å². The summed E-state index contributed by atoms with van der Waals surface area (Å²) < 4.78 is 0. The maximum absolute atomic E-state index is 10.7. The van der Waals surface area contributed by atoms with Crippen LogP contribution in [0, 0.1) is 5.92 Å². The van der Waals surface area contributed by atoms with Gasteiger partial charge in [-0.2, -0.15) is 4.79 Å². The molecule has 0 aromatic heterocycles. The largest absolute Gasteiger partial charge is 0.361 e. The van der Waals surface area contributed by atoms with Gasteiger partial charge in [-0.1, -0.05) is 20.3 Å². The molecule has 3 nitrogen and oxygen atoms in total.